The first kappa shape index (κ1) is 30.7. The van der Waals surface area contributed by atoms with Gasteiger partial charge in [-0.25, -0.2) is 9.78 Å². The van der Waals surface area contributed by atoms with E-state index in [0.29, 0.717) is 43.7 Å². The van der Waals surface area contributed by atoms with Crippen LogP contribution >= 0.6 is 11.6 Å². The second-order valence-electron chi connectivity index (χ2n) is 12.0. The molecule has 2 saturated carbocycles. The summed E-state index contributed by atoms with van der Waals surface area (Å²) in [5.74, 6) is 1.25. The fraction of sp³-hybridized carbons (Fsp3) is 0.586. The van der Waals surface area contributed by atoms with E-state index in [1.165, 1.54) is 24.0 Å². The number of hydrogen-bond donors (Lipinski definition) is 4. The highest BCUT2D eigenvalue weighted by atomic mass is 35.5. The van der Waals surface area contributed by atoms with Gasteiger partial charge in [0.15, 0.2) is 17.0 Å². The number of benzene rings is 1. The number of nitrogens with zero attached hydrogens (tertiary/aromatic N) is 5. The van der Waals surface area contributed by atoms with Crippen LogP contribution in [0.15, 0.2) is 24.5 Å². The molecule has 0 atom stereocenters. The quantitative estimate of drug-likeness (QED) is 0.235. The third-order valence-corrected chi connectivity index (χ3v) is 9.10. The molecule has 0 spiro atoms. The Balaban J connectivity index is 1.10. The van der Waals surface area contributed by atoms with Gasteiger partial charge in [-0.3, -0.25) is 5.32 Å². The summed E-state index contributed by atoms with van der Waals surface area (Å²) in [5.41, 5.74) is 6.56. The molecule has 1 aliphatic heterocycles. The second-order valence-corrected chi connectivity index (χ2v) is 12.4. The molecule has 5 N–H and O–H groups in total. The lowest BCUT2D eigenvalue weighted by Crippen LogP contribution is -2.41. The molecule has 2 aromatic heterocycles. The summed E-state index contributed by atoms with van der Waals surface area (Å²) in [7, 11) is 0. The lowest BCUT2D eigenvalue weighted by Gasteiger charge is -2.31. The van der Waals surface area contributed by atoms with E-state index in [4.69, 9.17) is 37.1 Å². The zero-order chi connectivity index (χ0) is 30.8. The van der Waals surface area contributed by atoms with Gasteiger partial charge in [0.1, 0.15) is 0 Å². The highest BCUT2D eigenvalue weighted by Gasteiger charge is 2.34. The van der Waals surface area contributed by atoms with E-state index in [2.05, 4.69) is 20.5 Å². The van der Waals surface area contributed by atoms with E-state index in [-0.39, 0.29) is 23.8 Å². The van der Waals surface area contributed by atoms with Crippen molar-refractivity contribution in [3.05, 3.63) is 35.1 Å². The Kier molecular flexibility index (Phi) is 9.01. The van der Waals surface area contributed by atoms with E-state index in [1.54, 1.807) is 0 Å². The summed E-state index contributed by atoms with van der Waals surface area (Å²) in [6, 6.07) is 4.09. The maximum Gasteiger partial charge on any atom is 0.430 e. The third kappa shape index (κ3) is 7.13. The molecular formula is C29H37ClF3N9O2. The number of nitrogens with one attached hydrogen (secondary N) is 3. The zero-order valence-corrected chi connectivity index (χ0v) is 25.0. The van der Waals surface area contributed by atoms with Crippen LogP contribution < -0.4 is 21.7 Å². The van der Waals surface area contributed by atoms with Crippen molar-refractivity contribution in [3.63, 3.8) is 0 Å². The number of carbonyl (C=O) groups is 1. The van der Waals surface area contributed by atoms with Crippen molar-refractivity contribution in [2.75, 3.05) is 29.0 Å². The molecule has 2 aliphatic carbocycles. The summed E-state index contributed by atoms with van der Waals surface area (Å²) < 4.78 is 41.7. The molecule has 1 aromatic carbocycles. The van der Waals surface area contributed by atoms with Crippen molar-refractivity contribution in [3.8, 4) is 0 Å². The van der Waals surface area contributed by atoms with E-state index in [9.17, 15) is 18.0 Å². The molecule has 15 heteroatoms. The molecular weight excluding hydrogens is 599 g/mol. The summed E-state index contributed by atoms with van der Waals surface area (Å²) >= 11 is 5.67. The van der Waals surface area contributed by atoms with Gasteiger partial charge in [-0.05, 0) is 69.6 Å². The molecule has 6 rings (SSSR count). The van der Waals surface area contributed by atoms with Crippen LogP contribution in [0.25, 0.3) is 11.2 Å². The number of nitrogens with two attached hydrogens (primary N) is 1. The summed E-state index contributed by atoms with van der Waals surface area (Å²) in [6.45, 7) is 0.857. The number of hydrogen-bond acceptors (Lipinski definition) is 9. The van der Waals surface area contributed by atoms with Gasteiger partial charge in [0, 0.05) is 42.9 Å². The first-order chi connectivity index (χ1) is 21.1. The lowest BCUT2D eigenvalue weighted by molar-refractivity contribution is -0.137. The van der Waals surface area contributed by atoms with Crippen LogP contribution in [0, 0.1) is 0 Å². The van der Waals surface area contributed by atoms with E-state index >= 15 is 0 Å². The predicted molar refractivity (Wildman–Crippen MR) is 161 cm³/mol. The molecule has 238 valence electrons. The molecule has 0 unspecified atom stereocenters. The van der Waals surface area contributed by atoms with Crippen LogP contribution in [0.4, 0.5) is 35.4 Å². The molecule has 3 fully saturated rings. The topological polar surface area (TPSA) is 135 Å². The van der Waals surface area contributed by atoms with E-state index < -0.39 is 22.9 Å². The Morgan fingerprint density at radius 3 is 2.39 bits per heavy atom. The fourth-order valence-electron chi connectivity index (χ4n) is 6.34. The molecule has 3 heterocycles. The normalized spacial score (nSPS) is 22.3. The average molecular weight is 636 g/mol. The number of hydroxylamine groups is 2. The summed E-state index contributed by atoms with van der Waals surface area (Å²) in [6.07, 6.45) is 6.13. The van der Waals surface area contributed by atoms with Gasteiger partial charge < -0.3 is 25.8 Å². The summed E-state index contributed by atoms with van der Waals surface area (Å²) in [5, 5.41) is 10.5. The highest BCUT2D eigenvalue weighted by Crippen LogP contribution is 2.37. The van der Waals surface area contributed by atoms with E-state index in [1.807, 2.05) is 6.33 Å². The number of piperidine rings is 1. The number of rotatable bonds is 7. The zero-order valence-electron chi connectivity index (χ0n) is 24.2. The number of carbonyl (C=O) groups excluding carboxylic acids is 1. The Bertz CT molecular complexity index is 1460. The van der Waals surface area contributed by atoms with Crippen molar-refractivity contribution in [2.45, 2.75) is 94.6 Å². The molecule has 3 aromatic rings. The second kappa shape index (κ2) is 12.9. The first-order valence-electron chi connectivity index (χ1n) is 15.3. The maximum absolute atomic E-state index is 13.2. The Morgan fingerprint density at radius 2 is 1.68 bits per heavy atom. The number of aromatic nitrogens is 4. The predicted octanol–water partition coefficient (Wildman–Crippen LogP) is 6.34. The van der Waals surface area contributed by atoms with Gasteiger partial charge in [-0.2, -0.15) is 23.1 Å². The summed E-state index contributed by atoms with van der Waals surface area (Å²) in [4.78, 5) is 32.3. The van der Waals surface area contributed by atoms with Crippen LogP contribution in [-0.4, -0.2) is 61.9 Å². The Labute approximate surface area is 258 Å². The molecule has 44 heavy (non-hydrogen) atoms. The Hall–Kier alpha value is -3.36. The minimum atomic E-state index is -4.64. The average Bonchev–Trinajstić information content (AvgIpc) is 3.66. The lowest BCUT2D eigenvalue weighted by atomic mass is 9.92. The minimum absolute atomic E-state index is 0.0405. The highest BCUT2D eigenvalue weighted by molar-refractivity contribution is 6.31. The number of anilines is 3. The van der Waals surface area contributed by atoms with Gasteiger partial charge in [-0.15, -0.1) is 5.06 Å². The van der Waals surface area contributed by atoms with Crippen molar-refractivity contribution >= 4 is 46.3 Å². The molecule has 3 aliphatic rings. The number of fused-ring (bicyclic) bond motifs is 1. The van der Waals surface area contributed by atoms with E-state index in [0.717, 1.165) is 61.8 Å². The third-order valence-electron chi connectivity index (χ3n) is 8.77. The molecule has 1 amide bonds. The number of halogens is 4. The van der Waals surface area contributed by atoms with Crippen molar-refractivity contribution in [2.24, 2.45) is 5.73 Å². The van der Waals surface area contributed by atoms with Gasteiger partial charge in [0.05, 0.1) is 16.9 Å². The minimum Gasteiger partial charge on any atom is -0.365 e. The number of imidazole rings is 1. The smallest absolute Gasteiger partial charge is 0.365 e. The standard InChI is InChI=1S/C29H37ClF3N9O2/c30-23-10-9-20(15-22(23)29(31,32)33)38-28(43)44-41-13-11-19(12-14-41)36-25-24-26(42(16-35-24)21-3-1-2-4-21)40-27(39-25)37-18-7-5-17(34)6-8-18/h9-10,15-19,21H,1-8,11-14,34H2,(H,38,43)(H2,36,37,39,40). The number of amides is 1. The van der Waals surface area contributed by atoms with Gasteiger partial charge in [0.25, 0.3) is 0 Å². The largest absolute Gasteiger partial charge is 0.430 e. The molecule has 11 nitrogen and oxygen atoms in total. The van der Waals surface area contributed by atoms with Gasteiger partial charge in [0.2, 0.25) is 5.95 Å². The first-order valence-corrected chi connectivity index (χ1v) is 15.6. The van der Waals surface area contributed by atoms with Crippen molar-refractivity contribution in [1.29, 1.82) is 0 Å². The molecule has 0 radical (unpaired) electrons. The van der Waals surface area contributed by atoms with Crippen LogP contribution in [0.5, 0.6) is 0 Å². The maximum atomic E-state index is 13.2. The van der Waals surface area contributed by atoms with Crippen LogP contribution in [0.3, 0.4) is 0 Å². The van der Waals surface area contributed by atoms with Crippen LogP contribution in [0.2, 0.25) is 5.02 Å². The Morgan fingerprint density at radius 1 is 0.977 bits per heavy atom. The van der Waals surface area contributed by atoms with Gasteiger partial charge in [-0.1, -0.05) is 24.4 Å². The van der Waals surface area contributed by atoms with Crippen molar-refractivity contribution < 1.29 is 22.8 Å². The monoisotopic (exact) mass is 635 g/mol. The van der Waals surface area contributed by atoms with Crippen LogP contribution in [-0.2, 0) is 11.0 Å². The van der Waals surface area contributed by atoms with Crippen molar-refractivity contribution in [1.82, 2.24) is 24.6 Å². The van der Waals surface area contributed by atoms with Crippen LogP contribution in [0.1, 0.15) is 75.8 Å². The van der Waals surface area contributed by atoms with Gasteiger partial charge >= 0.3 is 12.3 Å². The SMILES string of the molecule is NC1CCC(Nc2nc(NC3CCN(OC(=O)Nc4ccc(Cl)c(C(F)(F)F)c4)CC3)c3ncn(C4CCCC4)c3n2)CC1. The molecule has 1 saturated heterocycles. The fourth-order valence-corrected chi connectivity index (χ4v) is 6.57. The number of alkyl halides is 3. The molecule has 0 bridgehead atoms.